The van der Waals surface area contributed by atoms with Crippen LogP contribution in [0.2, 0.25) is 0 Å². The van der Waals surface area contributed by atoms with Crippen molar-refractivity contribution in [2.75, 3.05) is 0 Å². The fourth-order valence-corrected chi connectivity index (χ4v) is 2.78. The first kappa shape index (κ1) is 12.1. The standard InChI is InChI=1S/C12H11FN2S2/c1-7-12(8-4-2-3-5-9(8)13)15-11(17-7)6-10(14)16/h2-5H,6H2,1H3,(H2,14,16). The maximum absolute atomic E-state index is 13.6. The molecule has 0 aliphatic carbocycles. The number of benzene rings is 1. The van der Waals surface area contributed by atoms with E-state index in [-0.39, 0.29) is 5.82 Å². The Labute approximate surface area is 108 Å². The van der Waals surface area contributed by atoms with Gasteiger partial charge in [0.05, 0.1) is 10.7 Å². The van der Waals surface area contributed by atoms with Gasteiger partial charge in [0.25, 0.3) is 0 Å². The number of halogens is 1. The molecule has 1 heterocycles. The third-order valence-corrected chi connectivity index (χ3v) is 3.41. The molecule has 0 atom stereocenters. The molecule has 17 heavy (non-hydrogen) atoms. The highest BCUT2D eigenvalue weighted by molar-refractivity contribution is 7.80. The number of hydrogen-bond donors (Lipinski definition) is 1. The van der Waals surface area contributed by atoms with Crippen molar-refractivity contribution in [3.63, 3.8) is 0 Å². The van der Waals surface area contributed by atoms with Gasteiger partial charge >= 0.3 is 0 Å². The van der Waals surface area contributed by atoms with E-state index in [1.807, 2.05) is 6.92 Å². The second kappa shape index (κ2) is 4.89. The summed E-state index contributed by atoms with van der Waals surface area (Å²) in [6.45, 7) is 1.92. The van der Waals surface area contributed by atoms with Crippen LogP contribution in [0.1, 0.15) is 9.88 Å². The quantitative estimate of drug-likeness (QED) is 0.868. The van der Waals surface area contributed by atoms with Crippen molar-refractivity contribution in [3.8, 4) is 11.3 Å². The second-order valence-electron chi connectivity index (χ2n) is 3.64. The van der Waals surface area contributed by atoms with Gasteiger partial charge < -0.3 is 5.73 Å². The summed E-state index contributed by atoms with van der Waals surface area (Å²) in [5.41, 5.74) is 6.68. The summed E-state index contributed by atoms with van der Waals surface area (Å²) in [6.07, 6.45) is 0.468. The zero-order chi connectivity index (χ0) is 12.4. The minimum Gasteiger partial charge on any atom is -0.393 e. The van der Waals surface area contributed by atoms with E-state index in [2.05, 4.69) is 4.98 Å². The van der Waals surface area contributed by atoms with Crippen molar-refractivity contribution < 1.29 is 4.39 Å². The van der Waals surface area contributed by atoms with E-state index >= 15 is 0 Å². The molecule has 2 aromatic rings. The van der Waals surface area contributed by atoms with Crippen LogP contribution in [0.3, 0.4) is 0 Å². The number of aromatic nitrogens is 1. The molecule has 0 aliphatic heterocycles. The maximum atomic E-state index is 13.6. The largest absolute Gasteiger partial charge is 0.393 e. The first-order valence-corrected chi connectivity index (χ1v) is 6.30. The van der Waals surface area contributed by atoms with Gasteiger partial charge in [-0.25, -0.2) is 9.37 Å². The molecular weight excluding hydrogens is 255 g/mol. The fourth-order valence-electron chi connectivity index (χ4n) is 1.58. The van der Waals surface area contributed by atoms with Gasteiger partial charge in [-0.2, -0.15) is 0 Å². The summed E-state index contributed by atoms with van der Waals surface area (Å²) >= 11 is 6.34. The smallest absolute Gasteiger partial charge is 0.132 e. The number of thiocarbonyl (C=S) groups is 1. The highest BCUT2D eigenvalue weighted by atomic mass is 32.1. The Morgan fingerprint density at radius 2 is 2.18 bits per heavy atom. The third-order valence-electron chi connectivity index (χ3n) is 2.30. The Morgan fingerprint density at radius 1 is 1.47 bits per heavy atom. The van der Waals surface area contributed by atoms with Crippen molar-refractivity contribution in [1.82, 2.24) is 4.98 Å². The topological polar surface area (TPSA) is 38.9 Å². The lowest BCUT2D eigenvalue weighted by atomic mass is 10.1. The molecule has 0 bridgehead atoms. The molecule has 1 aromatic heterocycles. The molecule has 0 aliphatic rings. The van der Waals surface area contributed by atoms with Crippen LogP contribution in [0.5, 0.6) is 0 Å². The van der Waals surface area contributed by atoms with Crippen LogP contribution in [0.15, 0.2) is 24.3 Å². The van der Waals surface area contributed by atoms with E-state index in [0.29, 0.717) is 22.7 Å². The van der Waals surface area contributed by atoms with Crippen molar-refractivity contribution in [3.05, 3.63) is 40.0 Å². The number of nitrogens with two attached hydrogens (primary N) is 1. The molecule has 0 radical (unpaired) electrons. The van der Waals surface area contributed by atoms with Gasteiger partial charge in [-0.1, -0.05) is 24.4 Å². The lowest BCUT2D eigenvalue weighted by Gasteiger charge is -1.99. The monoisotopic (exact) mass is 266 g/mol. The number of aryl methyl sites for hydroxylation is 1. The van der Waals surface area contributed by atoms with Crippen molar-refractivity contribution in [2.45, 2.75) is 13.3 Å². The summed E-state index contributed by atoms with van der Waals surface area (Å²) in [4.78, 5) is 5.77. The van der Waals surface area contributed by atoms with Crippen molar-refractivity contribution in [2.24, 2.45) is 5.73 Å². The molecular formula is C12H11FN2S2. The Bertz CT molecular complexity index is 563. The van der Waals surface area contributed by atoms with E-state index in [0.717, 1.165) is 9.88 Å². The molecule has 2 N–H and O–H groups in total. The number of rotatable bonds is 3. The average Bonchev–Trinajstić information content (AvgIpc) is 2.59. The summed E-state index contributed by atoms with van der Waals surface area (Å²) in [7, 11) is 0. The van der Waals surface area contributed by atoms with Gasteiger partial charge in [-0.15, -0.1) is 11.3 Å². The molecule has 0 saturated heterocycles. The molecule has 0 saturated carbocycles. The predicted octanol–water partition coefficient (Wildman–Crippen LogP) is 3.09. The second-order valence-corrected chi connectivity index (χ2v) is 5.45. The van der Waals surface area contributed by atoms with Gasteiger partial charge in [0.15, 0.2) is 0 Å². The van der Waals surface area contributed by atoms with Gasteiger partial charge in [-0.3, -0.25) is 0 Å². The maximum Gasteiger partial charge on any atom is 0.132 e. The molecule has 0 amide bonds. The lowest BCUT2D eigenvalue weighted by molar-refractivity contribution is 0.630. The molecule has 88 valence electrons. The van der Waals surface area contributed by atoms with Gasteiger partial charge in [-0.05, 0) is 19.1 Å². The number of nitrogens with zero attached hydrogens (tertiary/aromatic N) is 1. The Hall–Kier alpha value is -1.33. The summed E-state index contributed by atoms with van der Waals surface area (Å²) in [5, 5.41) is 0.827. The van der Waals surface area contributed by atoms with E-state index in [1.165, 1.54) is 17.4 Å². The zero-order valence-electron chi connectivity index (χ0n) is 9.24. The highest BCUT2D eigenvalue weighted by Gasteiger charge is 2.13. The predicted molar refractivity (Wildman–Crippen MR) is 72.7 cm³/mol. The molecule has 0 fully saturated rings. The minimum absolute atomic E-state index is 0.261. The van der Waals surface area contributed by atoms with Crippen LogP contribution in [-0.4, -0.2) is 9.97 Å². The SMILES string of the molecule is Cc1sc(CC(N)=S)nc1-c1ccccc1F. The average molecular weight is 266 g/mol. The van der Waals surface area contributed by atoms with Crippen LogP contribution in [-0.2, 0) is 6.42 Å². The summed E-state index contributed by atoms with van der Waals surface area (Å²) in [5.74, 6) is -0.261. The van der Waals surface area contributed by atoms with Crippen molar-refractivity contribution >= 4 is 28.5 Å². The molecule has 0 spiro atoms. The normalized spacial score (nSPS) is 10.5. The van der Waals surface area contributed by atoms with E-state index in [4.69, 9.17) is 18.0 Å². The van der Waals surface area contributed by atoms with Gasteiger partial charge in [0.1, 0.15) is 10.8 Å². The fraction of sp³-hybridized carbons (Fsp3) is 0.167. The van der Waals surface area contributed by atoms with Crippen LogP contribution in [0, 0.1) is 12.7 Å². The summed E-state index contributed by atoms with van der Waals surface area (Å²) in [6, 6.07) is 6.62. The number of thiazole rings is 1. The highest BCUT2D eigenvalue weighted by Crippen LogP contribution is 2.29. The minimum atomic E-state index is -0.261. The molecule has 2 rings (SSSR count). The molecule has 5 heteroatoms. The van der Waals surface area contributed by atoms with Crippen LogP contribution < -0.4 is 5.73 Å². The van der Waals surface area contributed by atoms with Gasteiger partial charge in [0.2, 0.25) is 0 Å². The van der Waals surface area contributed by atoms with Crippen LogP contribution >= 0.6 is 23.6 Å². The van der Waals surface area contributed by atoms with Gasteiger partial charge in [0, 0.05) is 16.9 Å². The zero-order valence-corrected chi connectivity index (χ0v) is 10.9. The van der Waals surface area contributed by atoms with E-state index < -0.39 is 0 Å². The van der Waals surface area contributed by atoms with Crippen LogP contribution in [0.25, 0.3) is 11.3 Å². The first-order valence-electron chi connectivity index (χ1n) is 5.07. The number of hydrogen-bond acceptors (Lipinski definition) is 3. The summed E-state index contributed by atoms with van der Waals surface area (Å²) < 4.78 is 13.6. The van der Waals surface area contributed by atoms with Crippen LogP contribution in [0.4, 0.5) is 4.39 Å². The molecule has 2 nitrogen and oxygen atoms in total. The first-order chi connectivity index (χ1) is 8.08. The third kappa shape index (κ3) is 2.68. The Balaban J connectivity index is 2.43. The van der Waals surface area contributed by atoms with E-state index in [9.17, 15) is 4.39 Å². The Morgan fingerprint density at radius 3 is 2.82 bits per heavy atom. The molecule has 0 unspecified atom stereocenters. The van der Waals surface area contributed by atoms with E-state index in [1.54, 1.807) is 18.2 Å². The Kier molecular flexibility index (Phi) is 3.49. The lowest BCUT2D eigenvalue weighted by Crippen LogP contribution is -2.10. The van der Waals surface area contributed by atoms with Crippen molar-refractivity contribution in [1.29, 1.82) is 0 Å². The molecule has 1 aromatic carbocycles.